The van der Waals surface area contributed by atoms with Crippen LogP contribution < -0.4 is 4.90 Å². The third-order valence-electron chi connectivity index (χ3n) is 5.93. The highest BCUT2D eigenvalue weighted by molar-refractivity contribution is 7.89. The van der Waals surface area contributed by atoms with E-state index in [0.29, 0.717) is 36.1 Å². The molecule has 2 aliphatic heterocycles. The van der Waals surface area contributed by atoms with Gasteiger partial charge in [0.1, 0.15) is 5.71 Å². The molecule has 1 fully saturated rings. The summed E-state index contributed by atoms with van der Waals surface area (Å²) >= 11 is 5.99. The minimum absolute atomic E-state index is 0.195. The van der Waals surface area contributed by atoms with Crippen LogP contribution in [-0.2, 0) is 21.4 Å². The fourth-order valence-electron chi connectivity index (χ4n) is 4.20. The van der Waals surface area contributed by atoms with Gasteiger partial charge in [0.2, 0.25) is 10.0 Å². The second kappa shape index (κ2) is 8.74. The van der Waals surface area contributed by atoms with Crippen molar-refractivity contribution in [2.75, 3.05) is 18.0 Å². The molecule has 0 radical (unpaired) electrons. The predicted molar refractivity (Wildman–Crippen MR) is 130 cm³/mol. The van der Waals surface area contributed by atoms with Crippen LogP contribution in [0.5, 0.6) is 0 Å². The molecule has 0 spiro atoms. The molecule has 5 rings (SSSR count). The summed E-state index contributed by atoms with van der Waals surface area (Å²) in [5.74, 6) is -0.195. The predicted octanol–water partition coefficient (Wildman–Crippen LogP) is 4.79. The van der Waals surface area contributed by atoms with Gasteiger partial charge in [0.25, 0.3) is 5.91 Å². The van der Waals surface area contributed by atoms with Crippen molar-refractivity contribution in [1.29, 1.82) is 0 Å². The van der Waals surface area contributed by atoms with Gasteiger partial charge >= 0.3 is 0 Å². The lowest BCUT2D eigenvalue weighted by atomic mass is 10.1. The summed E-state index contributed by atoms with van der Waals surface area (Å²) in [6, 6.07) is 21.3. The number of rotatable bonds is 5. The van der Waals surface area contributed by atoms with Gasteiger partial charge in [0.05, 0.1) is 22.8 Å². The molecule has 2 aliphatic rings. The molecule has 0 atom stereocenters. The van der Waals surface area contributed by atoms with Gasteiger partial charge in [0, 0.05) is 23.7 Å². The van der Waals surface area contributed by atoms with E-state index in [0.717, 1.165) is 29.7 Å². The Hall–Kier alpha value is -3.00. The van der Waals surface area contributed by atoms with E-state index in [2.05, 4.69) is 4.99 Å². The highest BCUT2D eigenvalue weighted by Crippen LogP contribution is 2.32. The molecule has 3 aromatic carbocycles. The number of sulfonamides is 1. The third kappa shape index (κ3) is 4.19. The number of para-hydroxylation sites is 1. The van der Waals surface area contributed by atoms with E-state index in [1.807, 2.05) is 36.4 Å². The highest BCUT2D eigenvalue weighted by atomic mass is 35.5. The molecular weight excluding hydrogens is 458 g/mol. The number of amides is 1. The molecular formula is C25H22ClN3O3S. The van der Waals surface area contributed by atoms with E-state index in [-0.39, 0.29) is 10.8 Å². The summed E-state index contributed by atoms with van der Waals surface area (Å²) in [5, 5.41) is 0.643. The van der Waals surface area contributed by atoms with Crippen LogP contribution in [-0.4, -0.2) is 37.4 Å². The Balaban J connectivity index is 1.44. The second-order valence-electron chi connectivity index (χ2n) is 8.10. The minimum Gasteiger partial charge on any atom is -0.302 e. The first-order valence-electron chi connectivity index (χ1n) is 10.8. The van der Waals surface area contributed by atoms with E-state index in [1.165, 1.54) is 4.31 Å². The van der Waals surface area contributed by atoms with Gasteiger partial charge in [-0.15, -0.1) is 0 Å². The summed E-state index contributed by atoms with van der Waals surface area (Å²) in [7, 11) is -3.49. The number of hydrogen-bond acceptors (Lipinski definition) is 4. The number of carbonyl (C=O) groups is 1. The van der Waals surface area contributed by atoms with Crippen LogP contribution >= 0.6 is 11.6 Å². The van der Waals surface area contributed by atoms with Crippen molar-refractivity contribution in [2.24, 2.45) is 4.99 Å². The Morgan fingerprint density at radius 3 is 2.24 bits per heavy atom. The largest absolute Gasteiger partial charge is 0.302 e. The zero-order chi connectivity index (χ0) is 23.0. The molecule has 2 heterocycles. The van der Waals surface area contributed by atoms with Crippen LogP contribution in [0, 0.1) is 0 Å². The maximum absolute atomic E-state index is 13.3. The molecule has 1 saturated heterocycles. The number of carbonyl (C=O) groups excluding carboxylic acids is 1. The first kappa shape index (κ1) is 21.8. The number of fused-ring (bicyclic) bond motifs is 1. The zero-order valence-electron chi connectivity index (χ0n) is 17.8. The van der Waals surface area contributed by atoms with Gasteiger partial charge in [-0.05, 0) is 60.9 Å². The van der Waals surface area contributed by atoms with Gasteiger partial charge in [-0.2, -0.15) is 4.31 Å². The average molecular weight is 480 g/mol. The molecule has 33 heavy (non-hydrogen) atoms. The fourth-order valence-corrected chi connectivity index (χ4v) is 5.84. The molecule has 168 valence electrons. The molecule has 3 aromatic rings. The molecule has 0 aromatic heterocycles. The highest BCUT2D eigenvalue weighted by Gasteiger charge is 2.34. The summed E-state index contributed by atoms with van der Waals surface area (Å²) < 4.78 is 27.0. The molecule has 0 aliphatic carbocycles. The maximum atomic E-state index is 13.3. The van der Waals surface area contributed by atoms with Crippen molar-refractivity contribution in [3.8, 4) is 0 Å². The number of benzene rings is 3. The normalized spacial score (nSPS) is 17.7. The summed E-state index contributed by atoms with van der Waals surface area (Å²) in [5.41, 5.74) is 3.38. The Bertz CT molecular complexity index is 1330. The number of halogens is 1. The van der Waals surface area contributed by atoms with E-state index in [9.17, 15) is 13.2 Å². The molecule has 1 amide bonds. The number of hydrogen-bond donors (Lipinski definition) is 0. The third-order valence-corrected chi connectivity index (χ3v) is 8.10. The monoisotopic (exact) mass is 479 g/mol. The number of nitrogens with zero attached hydrogens (tertiary/aromatic N) is 3. The van der Waals surface area contributed by atoms with E-state index >= 15 is 0 Å². The van der Waals surface area contributed by atoms with E-state index in [4.69, 9.17) is 11.6 Å². The van der Waals surface area contributed by atoms with Crippen LogP contribution in [0.15, 0.2) is 82.7 Å². The fraction of sp³-hybridized carbons (Fsp3) is 0.200. The van der Waals surface area contributed by atoms with Crippen molar-refractivity contribution in [3.63, 3.8) is 0 Å². The molecule has 8 heteroatoms. The van der Waals surface area contributed by atoms with Crippen LogP contribution in [0.1, 0.15) is 24.0 Å². The Morgan fingerprint density at radius 2 is 1.55 bits per heavy atom. The number of anilines is 1. The van der Waals surface area contributed by atoms with Crippen LogP contribution in [0.25, 0.3) is 0 Å². The summed E-state index contributed by atoms with van der Waals surface area (Å²) in [4.78, 5) is 19.9. The molecule has 0 unspecified atom stereocenters. The quantitative estimate of drug-likeness (QED) is 0.528. The van der Waals surface area contributed by atoms with Gasteiger partial charge in [-0.1, -0.05) is 41.9 Å². The van der Waals surface area contributed by atoms with Gasteiger partial charge in [0.15, 0.2) is 0 Å². The van der Waals surface area contributed by atoms with Crippen LogP contribution in [0.2, 0.25) is 5.02 Å². The van der Waals surface area contributed by atoms with E-state index < -0.39 is 10.0 Å². The first-order chi connectivity index (χ1) is 15.9. The Kier molecular flexibility index (Phi) is 5.78. The minimum atomic E-state index is -3.49. The second-order valence-corrected chi connectivity index (χ2v) is 10.5. The Morgan fingerprint density at radius 1 is 0.879 bits per heavy atom. The average Bonchev–Trinajstić information content (AvgIpc) is 3.45. The van der Waals surface area contributed by atoms with Crippen molar-refractivity contribution < 1.29 is 13.2 Å². The van der Waals surface area contributed by atoms with Crippen LogP contribution in [0.4, 0.5) is 11.4 Å². The van der Waals surface area contributed by atoms with Gasteiger partial charge in [-0.3, -0.25) is 4.79 Å². The Labute approximate surface area is 198 Å². The summed E-state index contributed by atoms with van der Waals surface area (Å²) in [6.07, 6.45) is 1.78. The lowest BCUT2D eigenvalue weighted by Gasteiger charge is -2.17. The smallest absolute Gasteiger partial charge is 0.277 e. The number of aliphatic imine (C=N–C) groups is 1. The van der Waals surface area contributed by atoms with Gasteiger partial charge in [-0.25, -0.2) is 13.4 Å². The standard InChI is InChI=1S/C25H22ClN3O3S/c26-19-9-7-18(8-10-19)17-29-23-6-2-1-5-22(23)24(25(29)30)27-20-11-13-21(14-12-20)33(31,32)28-15-3-4-16-28/h1-2,5-14H,3-4,15-17H2. The van der Waals surface area contributed by atoms with E-state index in [1.54, 1.807) is 41.3 Å². The van der Waals surface area contributed by atoms with Crippen LogP contribution in [0.3, 0.4) is 0 Å². The molecule has 0 saturated carbocycles. The first-order valence-corrected chi connectivity index (χ1v) is 12.6. The maximum Gasteiger partial charge on any atom is 0.277 e. The topological polar surface area (TPSA) is 70.0 Å². The van der Waals surface area contributed by atoms with Crippen molar-refractivity contribution >= 4 is 44.6 Å². The van der Waals surface area contributed by atoms with Crippen molar-refractivity contribution in [1.82, 2.24) is 4.31 Å². The zero-order valence-corrected chi connectivity index (χ0v) is 19.4. The van der Waals surface area contributed by atoms with Crippen molar-refractivity contribution in [3.05, 3.63) is 88.9 Å². The summed E-state index contributed by atoms with van der Waals surface area (Å²) in [6.45, 7) is 1.52. The van der Waals surface area contributed by atoms with Gasteiger partial charge < -0.3 is 4.90 Å². The van der Waals surface area contributed by atoms with Crippen molar-refractivity contribution in [2.45, 2.75) is 24.3 Å². The molecule has 0 bridgehead atoms. The lowest BCUT2D eigenvalue weighted by Crippen LogP contribution is -2.29. The molecule has 0 N–H and O–H groups in total. The SMILES string of the molecule is O=C1C(=Nc2ccc(S(=O)(=O)N3CCCC3)cc2)c2ccccc2N1Cc1ccc(Cl)cc1. The lowest BCUT2D eigenvalue weighted by molar-refractivity contribution is -0.112. The molecule has 6 nitrogen and oxygen atoms in total.